The van der Waals surface area contributed by atoms with Crippen LogP contribution in [-0.2, 0) is 7.05 Å². The van der Waals surface area contributed by atoms with Crippen LogP contribution in [0.4, 0.5) is 11.8 Å². The van der Waals surface area contributed by atoms with E-state index in [-0.39, 0.29) is 0 Å². The molecule has 0 aliphatic rings. The van der Waals surface area contributed by atoms with Crippen LogP contribution in [0.25, 0.3) is 11.0 Å². The lowest BCUT2D eigenvalue weighted by Gasteiger charge is -2.09. The van der Waals surface area contributed by atoms with Crippen molar-refractivity contribution in [3.8, 4) is 0 Å². The molecule has 0 amide bonds. The summed E-state index contributed by atoms with van der Waals surface area (Å²) in [6, 6.07) is 0. The molecule has 2 aromatic heterocycles. The molecule has 0 aliphatic carbocycles. The summed E-state index contributed by atoms with van der Waals surface area (Å²) >= 11 is 0. The van der Waals surface area contributed by atoms with Gasteiger partial charge in [-0.3, -0.25) is 4.68 Å². The second-order valence-corrected chi connectivity index (χ2v) is 4.25. The van der Waals surface area contributed by atoms with Crippen LogP contribution in [0.1, 0.15) is 26.7 Å². The minimum atomic E-state index is 0.659. The number of fused-ring (bicyclic) bond motifs is 1. The second-order valence-electron chi connectivity index (χ2n) is 4.25. The lowest BCUT2D eigenvalue weighted by atomic mass is 10.3. The molecule has 0 bridgehead atoms. The summed E-state index contributed by atoms with van der Waals surface area (Å²) < 4.78 is 1.77. The van der Waals surface area contributed by atoms with Gasteiger partial charge in [0.15, 0.2) is 5.65 Å². The summed E-state index contributed by atoms with van der Waals surface area (Å²) in [6.45, 7) is 6.02. The van der Waals surface area contributed by atoms with Gasteiger partial charge in [-0.15, -0.1) is 0 Å². The maximum Gasteiger partial charge on any atom is 0.226 e. The normalized spacial score (nSPS) is 10.8. The monoisotopic (exact) mass is 248 g/mol. The molecule has 98 valence electrons. The van der Waals surface area contributed by atoms with E-state index in [1.807, 2.05) is 7.05 Å². The van der Waals surface area contributed by atoms with Gasteiger partial charge in [-0.25, -0.2) is 0 Å². The molecule has 0 aliphatic heterocycles. The molecule has 0 unspecified atom stereocenters. The van der Waals surface area contributed by atoms with E-state index < -0.39 is 0 Å². The fourth-order valence-electron chi connectivity index (χ4n) is 1.72. The van der Waals surface area contributed by atoms with Crippen LogP contribution in [0, 0.1) is 0 Å². The number of hydrogen-bond acceptors (Lipinski definition) is 5. The van der Waals surface area contributed by atoms with Gasteiger partial charge in [0.1, 0.15) is 5.82 Å². The third-order valence-corrected chi connectivity index (χ3v) is 2.67. The molecule has 0 fully saturated rings. The fraction of sp³-hybridized carbons (Fsp3) is 0.583. The van der Waals surface area contributed by atoms with Gasteiger partial charge < -0.3 is 10.6 Å². The summed E-state index contributed by atoms with van der Waals surface area (Å²) in [4.78, 5) is 8.98. The van der Waals surface area contributed by atoms with Crippen molar-refractivity contribution in [2.45, 2.75) is 26.7 Å². The van der Waals surface area contributed by atoms with Crippen LogP contribution in [0.2, 0.25) is 0 Å². The van der Waals surface area contributed by atoms with Gasteiger partial charge in [0.05, 0.1) is 11.6 Å². The first-order chi connectivity index (χ1) is 8.76. The predicted octanol–water partition coefficient (Wildman–Crippen LogP) is 2.01. The van der Waals surface area contributed by atoms with Crippen LogP contribution >= 0.6 is 0 Å². The van der Waals surface area contributed by atoms with Gasteiger partial charge in [-0.05, 0) is 12.8 Å². The Kier molecular flexibility index (Phi) is 3.96. The molecule has 0 saturated heterocycles. The minimum Gasteiger partial charge on any atom is -0.369 e. The van der Waals surface area contributed by atoms with E-state index in [2.05, 4.69) is 39.5 Å². The zero-order valence-corrected chi connectivity index (χ0v) is 11.2. The van der Waals surface area contributed by atoms with Crippen molar-refractivity contribution in [1.29, 1.82) is 0 Å². The van der Waals surface area contributed by atoms with Crippen molar-refractivity contribution in [3.63, 3.8) is 0 Å². The lowest BCUT2D eigenvalue weighted by Crippen LogP contribution is -2.09. The zero-order chi connectivity index (χ0) is 13.0. The molecule has 0 aromatic carbocycles. The van der Waals surface area contributed by atoms with E-state index in [0.29, 0.717) is 5.95 Å². The van der Waals surface area contributed by atoms with Gasteiger partial charge in [-0.1, -0.05) is 13.8 Å². The molecule has 0 atom stereocenters. The molecule has 2 heterocycles. The first kappa shape index (κ1) is 12.6. The van der Waals surface area contributed by atoms with Crippen molar-refractivity contribution >= 4 is 22.8 Å². The van der Waals surface area contributed by atoms with Gasteiger partial charge in [0.25, 0.3) is 0 Å². The van der Waals surface area contributed by atoms with E-state index in [4.69, 9.17) is 0 Å². The first-order valence-electron chi connectivity index (χ1n) is 6.43. The minimum absolute atomic E-state index is 0.659. The van der Waals surface area contributed by atoms with Gasteiger partial charge in [0.2, 0.25) is 5.95 Å². The molecular formula is C12H20N6. The highest BCUT2D eigenvalue weighted by atomic mass is 15.3. The van der Waals surface area contributed by atoms with Crippen LogP contribution in [-0.4, -0.2) is 32.8 Å². The van der Waals surface area contributed by atoms with Crippen molar-refractivity contribution in [1.82, 2.24) is 19.7 Å². The highest BCUT2D eigenvalue weighted by Gasteiger charge is 2.10. The SMILES string of the molecule is CCCNc1nc(NCCC)c2cnn(C)c2n1. The summed E-state index contributed by atoms with van der Waals surface area (Å²) in [7, 11) is 1.89. The Morgan fingerprint density at radius 3 is 2.56 bits per heavy atom. The number of anilines is 2. The third kappa shape index (κ3) is 2.52. The molecule has 0 spiro atoms. The van der Waals surface area contributed by atoms with Crippen LogP contribution in [0.15, 0.2) is 6.20 Å². The molecule has 18 heavy (non-hydrogen) atoms. The Labute approximate surface area is 107 Å². The summed E-state index contributed by atoms with van der Waals surface area (Å²) in [5.74, 6) is 1.51. The highest BCUT2D eigenvalue weighted by molar-refractivity contribution is 5.87. The van der Waals surface area contributed by atoms with Crippen molar-refractivity contribution in [3.05, 3.63) is 6.20 Å². The maximum atomic E-state index is 4.50. The van der Waals surface area contributed by atoms with Crippen LogP contribution in [0.3, 0.4) is 0 Å². The van der Waals surface area contributed by atoms with Crippen molar-refractivity contribution in [2.75, 3.05) is 23.7 Å². The Balaban J connectivity index is 2.38. The van der Waals surface area contributed by atoms with E-state index in [0.717, 1.165) is 42.8 Å². The largest absolute Gasteiger partial charge is 0.369 e. The molecule has 0 radical (unpaired) electrons. The Morgan fingerprint density at radius 1 is 1.11 bits per heavy atom. The third-order valence-electron chi connectivity index (χ3n) is 2.67. The van der Waals surface area contributed by atoms with E-state index in [1.165, 1.54) is 0 Å². The van der Waals surface area contributed by atoms with Crippen LogP contribution in [0.5, 0.6) is 0 Å². The van der Waals surface area contributed by atoms with E-state index >= 15 is 0 Å². The summed E-state index contributed by atoms with van der Waals surface area (Å²) in [5, 5.41) is 11.7. The Bertz CT molecular complexity index is 519. The maximum absolute atomic E-state index is 4.50. The number of nitrogens with zero attached hydrogens (tertiary/aromatic N) is 4. The van der Waals surface area contributed by atoms with Gasteiger partial charge in [0, 0.05) is 20.1 Å². The molecular weight excluding hydrogens is 228 g/mol. The average molecular weight is 248 g/mol. The van der Waals surface area contributed by atoms with Gasteiger partial charge in [-0.2, -0.15) is 15.1 Å². The van der Waals surface area contributed by atoms with E-state index in [1.54, 1.807) is 10.9 Å². The number of rotatable bonds is 6. The predicted molar refractivity (Wildman–Crippen MR) is 73.9 cm³/mol. The molecule has 0 saturated carbocycles. The van der Waals surface area contributed by atoms with Crippen molar-refractivity contribution in [2.24, 2.45) is 7.05 Å². The Morgan fingerprint density at radius 2 is 1.83 bits per heavy atom. The number of aryl methyl sites for hydroxylation is 1. The summed E-state index contributed by atoms with van der Waals surface area (Å²) in [6.07, 6.45) is 3.91. The van der Waals surface area contributed by atoms with E-state index in [9.17, 15) is 0 Å². The van der Waals surface area contributed by atoms with Crippen LogP contribution < -0.4 is 10.6 Å². The van der Waals surface area contributed by atoms with Crippen molar-refractivity contribution < 1.29 is 0 Å². The van der Waals surface area contributed by atoms with Gasteiger partial charge >= 0.3 is 0 Å². The molecule has 2 rings (SSSR count). The average Bonchev–Trinajstić information content (AvgIpc) is 2.75. The smallest absolute Gasteiger partial charge is 0.226 e. The standard InChI is InChI=1S/C12H20N6/c1-4-6-13-10-9-8-15-18(3)11(9)17-12(16-10)14-7-5-2/h8H,4-7H2,1-3H3,(H2,13,14,16,17). The summed E-state index contributed by atoms with van der Waals surface area (Å²) in [5.41, 5.74) is 0.849. The number of nitrogens with one attached hydrogen (secondary N) is 2. The first-order valence-corrected chi connectivity index (χ1v) is 6.43. The fourth-order valence-corrected chi connectivity index (χ4v) is 1.72. The highest BCUT2D eigenvalue weighted by Crippen LogP contribution is 2.21. The zero-order valence-electron chi connectivity index (χ0n) is 11.2. The molecule has 2 aromatic rings. The number of hydrogen-bond donors (Lipinski definition) is 2. The second kappa shape index (κ2) is 5.66. The topological polar surface area (TPSA) is 67.7 Å². The number of aromatic nitrogens is 4. The quantitative estimate of drug-likeness (QED) is 0.818. The molecule has 2 N–H and O–H groups in total. The Hall–Kier alpha value is -1.85. The lowest BCUT2D eigenvalue weighted by molar-refractivity contribution is 0.785. The molecule has 6 heteroatoms. The molecule has 6 nitrogen and oxygen atoms in total.